The highest BCUT2D eigenvalue weighted by molar-refractivity contribution is 5.81. The van der Waals surface area contributed by atoms with Crippen LogP contribution in [0.25, 0.3) is 0 Å². The van der Waals surface area contributed by atoms with Crippen LogP contribution in [0.5, 0.6) is 0 Å². The van der Waals surface area contributed by atoms with Crippen LogP contribution < -0.4 is 16.4 Å². The lowest BCUT2D eigenvalue weighted by Gasteiger charge is -2.14. The molecule has 6 heteroatoms. The average Bonchev–Trinajstić information content (AvgIpc) is 2.76. The summed E-state index contributed by atoms with van der Waals surface area (Å²) in [7, 11) is 1.58. The first-order chi connectivity index (χ1) is 8.65. The summed E-state index contributed by atoms with van der Waals surface area (Å²) in [6.45, 7) is 1.35. The molecule has 2 atom stereocenters. The fraction of sp³-hybridized carbons (Fsp3) is 0.833. The Hall–Kier alpha value is -1.14. The minimum absolute atomic E-state index is 0.0234. The van der Waals surface area contributed by atoms with Crippen LogP contribution in [0.4, 0.5) is 0 Å². The minimum Gasteiger partial charge on any atom is -0.383 e. The van der Waals surface area contributed by atoms with Crippen molar-refractivity contribution in [3.8, 4) is 0 Å². The van der Waals surface area contributed by atoms with Gasteiger partial charge in [0.2, 0.25) is 11.8 Å². The van der Waals surface area contributed by atoms with E-state index < -0.39 is 0 Å². The van der Waals surface area contributed by atoms with E-state index in [1.54, 1.807) is 7.11 Å². The quantitative estimate of drug-likeness (QED) is 0.530. The number of carbonyl (C=O) groups excluding carboxylic acids is 2. The van der Waals surface area contributed by atoms with Crippen LogP contribution in [0.15, 0.2) is 0 Å². The zero-order valence-electron chi connectivity index (χ0n) is 10.9. The third-order valence-corrected chi connectivity index (χ3v) is 3.19. The summed E-state index contributed by atoms with van der Waals surface area (Å²) in [5, 5.41) is 5.46. The van der Waals surface area contributed by atoms with Gasteiger partial charge in [-0.3, -0.25) is 9.59 Å². The normalized spacial score (nSPS) is 22.8. The Balaban J connectivity index is 2.09. The van der Waals surface area contributed by atoms with Crippen molar-refractivity contribution in [1.82, 2.24) is 10.6 Å². The third-order valence-electron chi connectivity index (χ3n) is 3.19. The lowest BCUT2D eigenvalue weighted by Crippen LogP contribution is -2.40. The lowest BCUT2D eigenvalue weighted by atomic mass is 10.0. The van der Waals surface area contributed by atoms with Gasteiger partial charge in [0.05, 0.1) is 12.5 Å². The fourth-order valence-electron chi connectivity index (χ4n) is 2.13. The third kappa shape index (κ3) is 5.01. The van der Waals surface area contributed by atoms with Crippen LogP contribution in [0.1, 0.15) is 25.7 Å². The first-order valence-corrected chi connectivity index (χ1v) is 6.44. The second-order valence-electron chi connectivity index (χ2n) is 4.59. The largest absolute Gasteiger partial charge is 0.383 e. The van der Waals surface area contributed by atoms with Crippen LogP contribution in [0, 0.1) is 5.92 Å². The molecular weight excluding hydrogens is 234 g/mol. The van der Waals surface area contributed by atoms with E-state index in [0.29, 0.717) is 19.7 Å². The summed E-state index contributed by atoms with van der Waals surface area (Å²) in [4.78, 5) is 23.1. The van der Waals surface area contributed by atoms with Crippen molar-refractivity contribution >= 4 is 11.8 Å². The first-order valence-electron chi connectivity index (χ1n) is 6.44. The number of rotatable bonds is 7. The smallest absolute Gasteiger partial charge is 0.224 e. The Morgan fingerprint density at radius 2 is 2.06 bits per heavy atom. The van der Waals surface area contributed by atoms with E-state index in [0.717, 1.165) is 19.3 Å². The molecule has 4 N–H and O–H groups in total. The molecule has 1 rings (SSSR count). The predicted molar refractivity (Wildman–Crippen MR) is 67.8 cm³/mol. The maximum absolute atomic E-state index is 11.8. The standard InChI is InChI=1S/C12H23N3O3/c1-18-8-7-14-11(16)5-6-15-12(17)9-3-2-4-10(9)13/h9-10H,2-8,13H2,1H3,(H,14,16)(H,15,17). The second-order valence-corrected chi connectivity index (χ2v) is 4.59. The topological polar surface area (TPSA) is 93.5 Å². The van der Waals surface area contributed by atoms with Gasteiger partial charge in [0.1, 0.15) is 0 Å². The number of ether oxygens (including phenoxy) is 1. The van der Waals surface area contributed by atoms with Gasteiger partial charge in [0.25, 0.3) is 0 Å². The Labute approximate surface area is 108 Å². The summed E-state index contributed by atoms with van der Waals surface area (Å²) in [5.41, 5.74) is 5.84. The summed E-state index contributed by atoms with van der Waals surface area (Å²) >= 11 is 0. The molecule has 1 fully saturated rings. The number of nitrogens with two attached hydrogens (primary N) is 1. The summed E-state index contributed by atoms with van der Waals surface area (Å²) in [5.74, 6) is -0.186. The van der Waals surface area contributed by atoms with Crippen molar-refractivity contribution in [2.45, 2.75) is 31.7 Å². The molecule has 1 aliphatic carbocycles. The van der Waals surface area contributed by atoms with E-state index in [9.17, 15) is 9.59 Å². The van der Waals surface area contributed by atoms with Crippen molar-refractivity contribution in [3.63, 3.8) is 0 Å². The molecule has 0 aromatic heterocycles. The van der Waals surface area contributed by atoms with Crippen LogP contribution in [0.3, 0.4) is 0 Å². The van der Waals surface area contributed by atoms with Gasteiger partial charge in [-0.05, 0) is 12.8 Å². The van der Waals surface area contributed by atoms with Crippen LogP contribution >= 0.6 is 0 Å². The molecule has 0 aromatic rings. The molecule has 0 aliphatic heterocycles. The van der Waals surface area contributed by atoms with Crippen molar-refractivity contribution in [3.05, 3.63) is 0 Å². The molecule has 6 nitrogen and oxygen atoms in total. The zero-order chi connectivity index (χ0) is 13.4. The number of hydrogen-bond donors (Lipinski definition) is 3. The second kappa shape index (κ2) is 8.05. The molecule has 18 heavy (non-hydrogen) atoms. The van der Waals surface area contributed by atoms with Gasteiger partial charge < -0.3 is 21.1 Å². The molecule has 2 unspecified atom stereocenters. The lowest BCUT2D eigenvalue weighted by molar-refractivity contribution is -0.125. The molecule has 0 spiro atoms. The molecule has 1 saturated carbocycles. The van der Waals surface area contributed by atoms with E-state index >= 15 is 0 Å². The molecule has 0 bridgehead atoms. The monoisotopic (exact) mass is 257 g/mol. The van der Waals surface area contributed by atoms with Crippen LogP contribution in [-0.4, -0.2) is 44.7 Å². The van der Waals surface area contributed by atoms with Gasteiger partial charge in [-0.1, -0.05) is 6.42 Å². The minimum atomic E-state index is -0.0819. The number of hydrogen-bond acceptors (Lipinski definition) is 4. The maximum atomic E-state index is 11.8. The fourth-order valence-corrected chi connectivity index (χ4v) is 2.13. The van der Waals surface area contributed by atoms with E-state index in [-0.39, 0.29) is 30.2 Å². The van der Waals surface area contributed by atoms with Gasteiger partial charge in [-0.25, -0.2) is 0 Å². The zero-order valence-corrected chi connectivity index (χ0v) is 10.9. The predicted octanol–water partition coefficient (Wildman–Crippen LogP) is -0.617. The number of methoxy groups -OCH3 is 1. The molecule has 0 saturated heterocycles. The highest BCUT2D eigenvalue weighted by atomic mass is 16.5. The van der Waals surface area contributed by atoms with Crippen molar-refractivity contribution in [2.75, 3.05) is 26.8 Å². The summed E-state index contributed by atoms with van der Waals surface area (Å²) in [6, 6.07) is -0.0273. The van der Waals surface area contributed by atoms with Gasteiger partial charge in [0.15, 0.2) is 0 Å². The Bertz CT molecular complexity index is 284. The number of carbonyl (C=O) groups is 2. The molecule has 0 radical (unpaired) electrons. The average molecular weight is 257 g/mol. The molecule has 0 aromatic carbocycles. The SMILES string of the molecule is COCCNC(=O)CCNC(=O)C1CCCC1N. The Morgan fingerprint density at radius 1 is 1.28 bits per heavy atom. The summed E-state index contributed by atoms with van der Waals surface area (Å²) in [6.07, 6.45) is 3.07. The Kier molecular flexibility index (Phi) is 6.67. The van der Waals surface area contributed by atoms with Gasteiger partial charge in [-0.2, -0.15) is 0 Å². The van der Waals surface area contributed by atoms with Crippen molar-refractivity contribution < 1.29 is 14.3 Å². The van der Waals surface area contributed by atoms with E-state index in [1.165, 1.54) is 0 Å². The number of amides is 2. The molecule has 104 valence electrons. The van der Waals surface area contributed by atoms with Gasteiger partial charge in [-0.15, -0.1) is 0 Å². The van der Waals surface area contributed by atoms with Gasteiger partial charge >= 0.3 is 0 Å². The highest BCUT2D eigenvalue weighted by Gasteiger charge is 2.29. The van der Waals surface area contributed by atoms with E-state index in [1.807, 2.05) is 0 Å². The molecule has 2 amide bonds. The molecule has 0 heterocycles. The molecule has 1 aliphatic rings. The number of nitrogens with one attached hydrogen (secondary N) is 2. The van der Waals surface area contributed by atoms with Crippen molar-refractivity contribution in [2.24, 2.45) is 11.7 Å². The first kappa shape index (κ1) is 14.9. The maximum Gasteiger partial charge on any atom is 0.224 e. The van der Waals surface area contributed by atoms with Crippen molar-refractivity contribution in [1.29, 1.82) is 0 Å². The van der Waals surface area contributed by atoms with E-state index in [2.05, 4.69) is 10.6 Å². The van der Waals surface area contributed by atoms with Crippen LogP contribution in [0.2, 0.25) is 0 Å². The summed E-state index contributed by atoms with van der Waals surface area (Å²) < 4.78 is 4.82. The highest BCUT2D eigenvalue weighted by Crippen LogP contribution is 2.23. The van der Waals surface area contributed by atoms with E-state index in [4.69, 9.17) is 10.5 Å². The van der Waals surface area contributed by atoms with Crippen LogP contribution in [-0.2, 0) is 14.3 Å². The Morgan fingerprint density at radius 3 is 2.67 bits per heavy atom. The van der Waals surface area contributed by atoms with Gasteiger partial charge in [0, 0.05) is 32.7 Å². The molecular formula is C12H23N3O3.